The maximum Gasteiger partial charge on any atom is 0.0973 e. The van der Waals surface area contributed by atoms with Crippen molar-refractivity contribution in [3.8, 4) is 0 Å². The largest absolute Gasteiger partial charge is 0.387 e. The SMILES string of the molecule is NC(=NC1CCOC1C1CC1)C1CCCCC1. The third-order valence-corrected chi connectivity index (χ3v) is 4.53. The highest BCUT2D eigenvalue weighted by molar-refractivity contribution is 5.83. The van der Waals surface area contributed by atoms with E-state index < -0.39 is 0 Å². The summed E-state index contributed by atoms with van der Waals surface area (Å²) >= 11 is 0. The van der Waals surface area contributed by atoms with Gasteiger partial charge in [-0.2, -0.15) is 0 Å². The minimum absolute atomic E-state index is 0.365. The predicted octanol–water partition coefficient (Wildman–Crippen LogP) is 2.49. The summed E-state index contributed by atoms with van der Waals surface area (Å²) in [5.41, 5.74) is 6.21. The van der Waals surface area contributed by atoms with E-state index in [0.717, 1.165) is 24.8 Å². The number of amidine groups is 1. The fourth-order valence-electron chi connectivity index (χ4n) is 3.31. The summed E-state index contributed by atoms with van der Waals surface area (Å²) in [6.45, 7) is 0.882. The Kier molecular flexibility index (Phi) is 3.37. The number of hydrogen-bond donors (Lipinski definition) is 1. The Bertz CT molecular complexity index is 293. The van der Waals surface area contributed by atoms with Crippen LogP contribution in [0.15, 0.2) is 4.99 Å². The van der Waals surface area contributed by atoms with E-state index >= 15 is 0 Å². The van der Waals surface area contributed by atoms with E-state index in [2.05, 4.69) is 0 Å². The van der Waals surface area contributed by atoms with Crippen LogP contribution in [0.5, 0.6) is 0 Å². The van der Waals surface area contributed by atoms with Crippen LogP contribution in [0, 0.1) is 11.8 Å². The minimum atomic E-state index is 0.365. The first-order chi connectivity index (χ1) is 8.34. The standard InChI is InChI=1S/C14H24N2O/c15-14(11-4-2-1-3-5-11)16-12-8-9-17-13(12)10-6-7-10/h10-13H,1-9H2,(H2,15,16). The van der Waals surface area contributed by atoms with Crippen molar-refractivity contribution < 1.29 is 4.74 Å². The maximum absolute atomic E-state index is 6.21. The van der Waals surface area contributed by atoms with E-state index in [-0.39, 0.29) is 0 Å². The molecular formula is C14H24N2O. The molecule has 3 rings (SSSR count). The van der Waals surface area contributed by atoms with Crippen molar-refractivity contribution in [3.05, 3.63) is 0 Å². The van der Waals surface area contributed by atoms with Crippen LogP contribution < -0.4 is 5.73 Å². The van der Waals surface area contributed by atoms with Crippen LogP contribution in [-0.2, 0) is 4.74 Å². The number of hydrogen-bond acceptors (Lipinski definition) is 2. The fraction of sp³-hybridized carbons (Fsp3) is 0.929. The Labute approximate surface area is 104 Å². The van der Waals surface area contributed by atoms with E-state index in [0.29, 0.717) is 18.1 Å². The highest BCUT2D eigenvalue weighted by Crippen LogP contribution is 2.40. The van der Waals surface area contributed by atoms with Gasteiger partial charge < -0.3 is 10.5 Å². The molecule has 2 unspecified atom stereocenters. The first kappa shape index (κ1) is 11.5. The summed E-state index contributed by atoms with van der Waals surface area (Å²) in [5, 5.41) is 0. The predicted molar refractivity (Wildman–Crippen MR) is 69.1 cm³/mol. The molecule has 1 heterocycles. The first-order valence-electron chi connectivity index (χ1n) is 7.29. The fourth-order valence-corrected chi connectivity index (χ4v) is 3.31. The van der Waals surface area contributed by atoms with E-state index in [4.69, 9.17) is 15.5 Å². The maximum atomic E-state index is 6.21. The molecule has 3 heteroatoms. The zero-order valence-corrected chi connectivity index (χ0v) is 10.6. The second-order valence-corrected chi connectivity index (χ2v) is 5.92. The van der Waals surface area contributed by atoms with Crippen molar-refractivity contribution in [2.24, 2.45) is 22.6 Å². The summed E-state index contributed by atoms with van der Waals surface area (Å²) in [4.78, 5) is 4.81. The van der Waals surface area contributed by atoms with Crippen molar-refractivity contribution in [3.63, 3.8) is 0 Å². The Morgan fingerprint density at radius 3 is 2.47 bits per heavy atom. The lowest BCUT2D eigenvalue weighted by Gasteiger charge is -2.23. The minimum Gasteiger partial charge on any atom is -0.387 e. The van der Waals surface area contributed by atoms with Gasteiger partial charge in [0.1, 0.15) is 0 Å². The Balaban J connectivity index is 1.62. The van der Waals surface area contributed by atoms with Gasteiger partial charge in [0.25, 0.3) is 0 Å². The van der Waals surface area contributed by atoms with Crippen molar-refractivity contribution in [2.75, 3.05) is 6.61 Å². The molecule has 3 nitrogen and oxygen atoms in total. The summed E-state index contributed by atoms with van der Waals surface area (Å²) in [6.07, 6.45) is 10.7. The molecule has 0 amide bonds. The molecule has 0 radical (unpaired) electrons. The van der Waals surface area contributed by atoms with Gasteiger partial charge in [-0.25, -0.2) is 0 Å². The van der Waals surface area contributed by atoms with E-state index in [1.54, 1.807) is 0 Å². The molecule has 3 fully saturated rings. The zero-order chi connectivity index (χ0) is 11.7. The van der Waals surface area contributed by atoms with Crippen LogP contribution in [0.3, 0.4) is 0 Å². The van der Waals surface area contributed by atoms with E-state index in [1.165, 1.54) is 44.9 Å². The molecule has 0 aromatic heterocycles. The molecule has 96 valence electrons. The van der Waals surface area contributed by atoms with Gasteiger partial charge in [0.05, 0.1) is 18.0 Å². The van der Waals surface area contributed by atoms with Crippen LogP contribution in [-0.4, -0.2) is 24.6 Å². The van der Waals surface area contributed by atoms with Crippen LogP contribution in [0.1, 0.15) is 51.4 Å². The molecule has 0 aromatic carbocycles. The molecule has 0 spiro atoms. The third-order valence-electron chi connectivity index (χ3n) is 4.53. The monoisotopic (exact) mass is 236 g/mol. The lowest BCUT2D eigenvalue weighted by molar-refractivity contribution is 0.0874. The second kappa shape index (κ2) is 4.97. The van der Waals surface area contributed by atoms with E-state index in [1.807, 2.05) is 0 Å². The molecule has 3 aliphatic rings. The van der Waals surface area contributed by atoms with Gasteiger partial charge in [-0.1, -0.05) is 19.3 Å². The molecule has 1 saturated heterocycles. The molecule has 17 heavy (non-hydrogen) atoms. The molecule has 2 aliphatic carbocycles. The zero-order valence-electron chi connectivity index (χ0n) is 10.6. The van der Waals surface area contributed by atoms with Gasteiger partial charge in [-0.05, 0) is 38.0 Å². The van der Waals surface area contributed by atoms with Gasteiger partial charge in [0, 0.05) is 12.5 Å². The molecule has 2 saturated carbocycles. The third kappa shape index (κ3) is 2.65. The van der Waals surface area contributed by atoms with Gasteiger partial charge >= 0.3 is 0 Å². The molecular weight excluding hydrogens is 212 g/mol. The summed E-state index contributed by atoms with van der Waals surface area (Å²) in [6, 6.07) is 0.365. The quantitative estimate of drug-likeness (QED) is 0.604. The highest BCUT2D eigenvalue weighted by Gasteiger charge is 2.40. The topological polar surface area (TPSA) is 47.6 Å². The van der Waals surface area contributed by atoms with Crippen molar-refractivity contribution in [1.82, 2.24) is 0 Å². The normalized spacial score (nSPS) is 36.4. The lowest BCUT2D eigenvalue weighted by Crippen LogP contribution is -2.30. The van der Waals surface area contributed by atoms with Gasteiger partial charge in [-0.3, -0.25) is 4.99 Å². The number of nitrogens with zero attached hydrogens (tertiary/aromatic N) is 1. The second-order valence-electron chi connectivity index (χ2n) is 5.92. The van der Waals surface area contributed by atoms with Gasteiger partial charge in [0.15, 0.2) is 0 Å². The van der Waals surface area contributed by atoms with Gasteiger partial charge in [0.2, 0.25) is 0 Å². The highest BCUT2D eigenvalue weighted by atomic mass is 16.5. The number of ether oxygens (including phenoxy) is 1. The van der Waals surface area contributed by atoms with Crippen LogP contribution >= 0.6 is 0 Å². The Morgan fingerprint density at radius 2 is 1.76 bits per heavy atom. The molecule has 0 aromatic rings. The molecule has 0 bridgehead atoms. The average molecular weight is 236 g/mol. The number of rotatable bonds is 3. The van der Waals surface area contributed by atoms with Crippen molar-refractivity contribution in [2.45, 2.75) is 63.5 Å². The molecule has 1 aliphatic heterocycles. The number of aliphatic imine (C=N–C) groups is 1. The van der Waals surface area contributed by atoms with Crippen LogP contribution in [0.4, 0.5) is 0 Å². The Morgan fingerprint density at radius 1 is 1.00 bits per heavy atom. The summed E-state index contributed by atoms with van der Waals surface area (Å²) in [5.74, 6) is 2.26. The average Bonchev–Trinajstić information content (AvgIpc) is 3.11. The van der Waals surface area contributed by atoms with E-state index in [9.17, 15) is 0 Å². The van der Waals surface area contributed by atoms with Gasteiger partial charge in [-0.15, -0.1) is 0 Å². The smallest absolute Gasteiger partial charge is 0.0973 e. The molecule has 2 N–H and O–H groups in total. The molecule has 2 atom stereocenters. The Hall–Kier alpha value is -0.570. The lowest BCUT2D eigenvalue weighted by atomic mass is 9.88. The van der Waals surface area contributed by atoms with Crippen LogP contribution in [0.25, 0.3) is 0 Å². The number of nitrogens with two attached hydrogens (primary N) is 1. The van der Waals surface area contributed by atoms with Crippen molar-refractivity contribution >= 4 is 5.84 Å². The van der Waals surface area contributed by atoms with Crippen molar-refractivity contribution in [1.29, 1.82) is 0 Å². The van der Waals surface area contributed by atoms with Crippen LogP contribution in [0.2, 0.25) is 0 Å². The first-order valence-corrected chi connectivity index (χ1v) is 7.29. The summed E-state index contributed by atoms with van der Waals surface area (Å²) < 4.78 is 5.82. The summed E-state index contributed by atoms with van der Waals surface area (Å²) in [7, 11) is 0.